The molecule has 3 heterocycles. The summed E-state index contributed by atoms with van der Waals surface area (Å²) in [7, 11) is 3.47. The van der Waals surface area contributed by atoms with E-state index in [0.717, 1.165) is 37.4 Å². The first-order valence-electron chi connectivity index (χ1n) is 8.41. The van der Waals surface area contributed by atoms with E-state index in [1.165, 1.54) is 0 Å². The number of urea groups is 1. The van der Waals surface area contributed by atoms with Crippen LogP contribution >= 0.6 is 0 Å². The lowest BCUT2D eigenvalue weighted by Gasteiger charge is -2.17. The summed E-state index contributed by atoms with van der Waals surface area (Å²) in [5.74, 6) is 1.62. The van der Waals surface area contributed by atoms with Gasteiger partial charge in [-0.05, 0) is 18.6 Å². The molecule has 2 N–H and O–H groups in total. The lowest BCUT2D eigenvalue weighted by Crippen LogP contribution is -2.40. The van der Waals surface area contributed by atoms with Gasteiger partial charge in [-0.15, -0.1) is 0 Å². The Labute approximate surface area is 147 Å². The third-order valence-corrected chi connectivity index (χ3v) is 4.23. The molecular formula is C17H24N6O2. The second kappa shape index (κ2) is 7.98. The summed E-state index contributed by atoms with van der Waals surface area (Å²) >= 11 is 0. The number of pyridine rings is 1. The van der Waals surface area contributed by atoms with Crippen molar-refractivity contribution in [1.29, 1.82) is 0 Å². The lowest BCUT2D eigenvalue weighted by molar-refractivity contribution is 0.201. The number of hydrogen-bond acceptors (Lipinski definition) is 5. The summed E-state index contributed by atoms with van der Waals surface area (Å²) in [6, 6.07) is 7.61. The van der Waals surface area contributed by atoms with Gasteiger partial charge in [0.25, 0.3) is 0 Å². The van der Waals surface area contributed by atoms with Crippen molar-refractivity contribution in [2.75, 3.05) is 37.0 Å². The second-order valence-corrected chi connectivity index (χ2v) is 6.11. The predicted molar refractivity (Wildman–Crippen MR) is 95.8 cm³/mol. The van der Waals surface area contributed by atoms with E-state index >= 15 is 0 Å². The van der Waals surface area contributed by atoms with Crippen LogP contribution in [0, 0.1) is 0 Å². The van der Waals surface area contributed by atoms with Crippen molar-refractivity contribution >= 4 is 17.7 Å². The van der Waals surface area contributed by atoms with Crippen molar-refractivity contribution in [3.63, 3.8) is 0 Å². The van der Waals surface area contributed by atoms with E-state index in [1.807, 2.05) is 31.3 Å². The molecule has 0 bridgehead atoms. The molecule has 0 aliphatic carbocycles. The number of nitrogens with one attached hydrogen (secondary N) is 2. The number of methoxy groups -OCH3 is 1. The van der Waals surface area contributed by atoms with Crippen LogP contribution in [0.3, 0.4) is 0 Å². The van der Waals surface area contributed by atoms with Crippen molar-refractivity contribution < 1.29 is 9.53 Å². The van der Waals surface area contributed by atoms with Crippen molar-refractivity contribution in [1.82, 2.24) is 20.1 Å². The van der Waals surface area contributed by atoms with Gasteiger partial charge < -0.3 is 15.0 Å². The molecule has 0 unspecified atom stereocenters. The van der Waals surface area contributed by atoms with Crippen molar-refractivity contribution in [3.05, 3.63) is 36.2 Å². The van der Waals surface area contributed by atoms with Crippen LogP contribution in [0.5, 0.6) is 0 Å². The number of aromatic nitrogens is 3. The quantitative estimate of drug-likeness (QED) is 0.828. The van der Waals surface area contributed by atoms with Crippen LogP contribution < -0.4 is 15.5 Å². The predicted octanol–water partition coefficient (Wildman–Crippen LogP) is 1.40. The van der Waals surface area contributed by atoms with Gasteiger partial charge in [-0.3, -0.25) is 10.00 Å². The van der Waals surface area contributed by atoms with E-state index in [2.05, 4.69) is 25.6 Å². The van der Waals surface area contributed by atoms with Gasteiger partial charge in [0.05, 0.1) is 12.3 Å². The monoisotopic (exact) mass is 344 g/mol. The molecule has 25 heavy (non-hydrogen) atoms. The molecule has 0 spiro atoms. The molecule has 1 atom stereocenters. The zero-order chi connectivity index (χ0) is 17.6. The summed E-state index contributed by atoms with van der Waals surface area (Å²) < 4.78 is 6.72. The molecule has 2 amide bonds. The van der Waals surface area contributed by atoms with Gasteiger partial charge in [-0.2, -0.15) is 5.10 Å². The van der Waals surface area contributed by atoms with E-state index in [9.17, 15) is 4.79 Å². The molecule has 0 aromatic carbocycles. The molecule has 3 rings (SSSR count). The van der Waals surface area contributed by atoms with E-state index in [1.54, 1.807) is 18.0 Å². The van der Waals surface area contributed by atoms with Gasteiger partial charge in [0.2, 0.25) is 0 Å². The molecule has 8 heteroatoms. The summed E-state index contributed by atoms with van der Waals surface area (Å²) in [6.07, 6.45) is 3.40. The number of aryl methyl sites for hydroxylation is 1. The third-order valence-electron chi connectivity index (χ3n) is 4.23. The van der Waals surface area contributed by atoms with Crippen LogP contribution in [-0.2, 0) is 18.2 Å². The number of carbonyl (C=O) groups is 1. The van der Waals surface area contributed by atoms with E-state index in [0.29, 0.717) is 12.4 Å². The Hall–Kier alpha value is -2.61. The van der Waals surface area contributed by atoms with Gasteiger partial charge in [-0.25, -0.2) is 9.78 Å². The van der Waals surface area contributed by atoms with Crippen molar-refractivity contribution in [2.45, 2.75) is 18.9 Å². The topological polar surface area (TPSA) is 84.3 Å². The van der Waals surface area contributed by atoms with Gasteiger partial charge in [0.15, 0.2) is 0 Å². The lowest BCUT2D eigenvalue weighted by atomic mass is 10.3. The minimum atomic E-state index is -0.214. The number of hydrogen-bond donors (Lipinski definition) is 2. The number of ether oxygens (including phenoxy) is 1. The first kappa shape index (κ1) is 17.2. The van der Waals surface area contributed by atoms with E-state index in [-0.39, 0.29) is 12.1 Å². The summed E-state index contributed by atoms with van der Waals surface area (Å²) in [5.41, 5.74) is 0.891. The highest BCUT2D eigenvalue weighted by atomic mass is 16.5. The Bertz CT molecular complexity index is 702. The highest BCUT2D eigenvalue weighted by Crippen LogP contribution is 2.17. The van der Waals surface area contributed by atoms with Crippen LogP contribution in [0.15, 0.2) is 30.5 Å². The number of rotatable bonds is 6. The van der Waals surface area contributed by atoms with E-state index < -0.39 is 0 Å². The molecular weight excluding hydrogens is 320 g/mol. The second-order valence-electron chi connectivity index (χ2n) is 6.11. The maximum Gasteiger partial charge on any atom is 0.320 e. The highest BCUT2D eigenvalue weighted by Gasteiger charge is 2.24. The molecule has 8 nitrogen and oxygen atoms in total. The summed E-state index contributed by atoms with van der Waals surface area (Å²) in [5, 5.41) is 10.2. The minimum Gasteiger partial charge on any atom is -0.384 e. The third kappa shape index (κ3) is 4.48. The molecule has 0 saturated carbocycles. The number of nitrogens with zero attached hydrogens (tertiary/aromatic N) is 4. The standard InChI is InChI=1S/C17H24N6O2/c1-22-16(11-13(21-22)7-10-25-2)20-17(24)19-14-6-9-23(12-14)15-5-3-4-8-18-15/h3-5,8,11,14H,6-7,9-10,12H2,1-2H3,(H2,19,20,24)/t14-/m1/s1. The number of carbonyl (C=O) groups excluding carboxylic acids is 1. The molecule has 2 aromatic heterocycles. The van der Waals surface area contributed by atoms with Crippen LogP contribution in [-0.4, -0.2) is 53.6 Å². The maximum atomic E-state index is 12.3. The Morgan fingerprint density at radius 1 is 1.44 bits per heavy atom. The van der Waals surface area contributed by atoms with Crippen LogP contribution in [0.2, 0.25) is 0 Å². The fourth-order valence-corrected chi connectivity index (χ4v) is 2.94. The first-order valence-corrected chi connectivity index (χ1v) is 8.41. The van der Waals surface area contributed by atoms with Crippen LogP contribution in [0.1, 0.15) is 12.1 Å². The molecule has 2 aromatic rings. The van der Waals surface area contributed by atoms with E-state index in [4.69, 9.17) is 4.74 Å². The Morgan fingerprint density at radius 2 is 2.32 bits per heavy atom. The maximum absolute atomic E-state index is 12.3. The zero-order valence-electron chi connectivity index (χ0n) is 14.6. The Balaban J connectivity index is 1.51. The van der Waals surface area contributed by atoms with Gasteiger partial charge in [-0.1, -0.05) is 6.07 Å². The fraction of sp³-hybridized carbons (Fsp3) is 0.471. The minimum absolute atomic E-state index is 0.100. The van der Waals surface area contributed by atoms with Crippen LogP contribution in [0.25, 0.3) is 0 Å². The fourth-order valence-electron chi connectivity index (χ4n) is 2.94. The number of anilines is 2. The average molecular weight is 344 g/mol. The van der Waals surface area contributed by atoms with Crippen LogP contribution in [0.4, 0.5) is 16.4 Å². The molecule has 1 fully saturated rings. The molecule has 1 aliphatic rings. The molecule has 1 aliphatic heterocycles. The summed E-state index contributed by atoms with van der Waals surface area (Å²) in [4.78, 5) is 18.8. The molecule has 0 radical (unpaired) electrons. The Morgan fingerprint density at radius 3 is 3.08 bits per heavy atom. The first-order chi connectivity index (χ1) is 12.2. The van der Waals surface area contributed by atoms with Crippen molar-refractivity contribution in [2.24, 2.45) is 7.05 Å². The Kier molecular flexibility index (Phi) is 5.49. The molecule has 1 saturated heterocycles. The summed E-state index contributed by atoms with van der Waals surface area (Å²) in [6.45, 7) is 2.25. The van der Waals surface area contributed by atoms with Crippen molar-refractivity contribution in [3.8, 4) is 0 Å². The number of amides is 2. The van der Waals surface area contributed by atoms with Gasteiger partial charge in [0, 0.05) is 52.0 Å². The molecule has 134 valence electrons. The largest absolute Gasteiger partial charge is 0.384 e. The SMILES string of the molecule is COCCc1cc(NC(=O)N[C@@H]2CCN(c3ccccn3)C2)n(C)n1. The highest BCUT2D eigenvalue weighted by molar-refractivity contribution is 5.88. The van der Waals surface area contributed by atoms with Gasteiger partial charge >= 0.3 is 6.03 Å². The normalized spacial score (nSPS) is 16.9. The average Bonchev–Trinajstić information content (AvgIpc) is 3.21. The van der Waals surface area contributed by atoms with Gasteiger partial charge in [0.1, 0.15) is 11.6 Å². The smallest absolute Gasteiger partial charge is 0.320 e. The zero-order valence-corrected chi connectivity index (χ0v) is 14.6.